The Morgan fingerprint density at radius 1 is 1.56 bits per heavy atom. The number of allylic oxidation sites excluding steroid dienone is 2. The summed E-state index contributed by atoms with van der Waals surface area (Å²) in [4.78, 5) is 24.2. The van der Waals surface area contributed by atoms with Crippen molar-refractivity contribution in [1.29, 1.82) is 0 Å². The molecule has 1 heterocycles. The third-order valence-electron chi connectivity index (χ3n) is 3.93. The van der Waals surface area contributed by atoms with Crippen molar-refractivity contribution in [3.8, 4) is 0 Å². The molecule has 0 aromatic heterocycles. The van der Waals surface area contributed by atoms with Crippen LogP contribution in [0.3, 0.4) is 0 Å². The third-order valence-corrected chi connectivity index (χ3v) is 3.93. The van der Waals surface area contributed by atoms with Gasteiger partial charge in [-0.2, -0.15) is 0 Å². The topological polar surface area (TPSA) is 69.6 Å². The first-order chi connectivity index (χ1) is 7.70. The van der Waals surface area contributed by atoms with Gasteiger partial charge in [-0.1, -0.05) is 12.2 Å². The maximum Gasteiger partial charge on any atom is 0.408 e. The van der Waals surface area contributed by atoms with Gasteiger partial charge in [-0.3, -0.25) is 9.69 Å². The second kappa shape index (κ2) is 3.23. The summed E-state index contributed by atoms with van der Waals surface area (Å²) < 4.78 is 0. The molecule has 86 valence electrons. The van der Waals surface area contributed by atoms with Crippen LogP contribution < -0.4 is 5.32 Å². The summed E-state index contributed by atoms with van der Waals surface area (Å²) in [6.07, 6.45) is 4.26. The smallest absolute Gasteiger partial charge is 0.408 e. The van der Waals surface area contributed by atoms with Crippen molar-refractivity contribution in [2.24, 2.45) is 17.8 Å². The minimum Gasteiger partial charge on any atom is -0.465 e. The van der Waals surface area contributed by atoms with E-state index in [1.807, 2.05) is 0 Å². The van der Waals surface area contributed by atoms with Crippen molar-refractivity contribution in [3.05, 3.63) is 12.2 Å². The average molecular weight is 222 g/mol. The van der Waals surface area contributed by atoms with E-state index in [0.29, 0.717) is 24.9 Å². The van der Waals surface area contributed by atoms with Crippen LogP contribution in [0.1, 0.15) is 6.42 Å². The molecule has 2 N–H and O–H groups in total. The number of carbonyl (C=O) groups excluding carboxylic acids is 1. The van der Waals surface area contributed by atoms with Gasteiger partial charge in [0.15, 0.2) is 0 Å². The lowest BCUT2D eigenvalue weighted by Crippen LogP contribution is -2.58. The molecule has 5 heteroatoms. The van der Waals surface area contributed by atoms with E-state index in [2.05, 4.69) is 17.5 Å². The van der Waals surface area contributed by atoms with Gasteiger partial charge >= 0.3 is 6.09 Å². The number of nitrogens with zero attached hydrogens (tertiary/aromatic N) is 1. The van der Waals surface area contributed by atoms with Gasteiger partial charge < -0.3 is 10.4 Å². The van der Waals surface area contributed by atoms with Gasteiger partial charge in [0.05, 0.1) is 0 Å². The summed E-state index contributed by atoms with van der Waals surface area (Å²) in [5, 5.41) is 11.9. The number of hydrogen-bond acceptors (Lipinski definition) is 2. The van der Waals surface area contributed by atoms with Crippen molar-refractivity contribution in [3.63, 3.8) is 0 Å². The lowest BCUT2D eigenvalue weighted by molar-refractivity contribution is -0.129. The average Bonchev–Trinajstić information content (AvgIpc) is 2.71. The van der Waals surface area contributed by atoms with E-state index >= 15 is 0 Å². The van der Waals surface area contributed by atoms with Gasteiger partial charge in [0, 0.05) is 13.1 Å². The van der Waals surface area contributed by atoms with E-state index in [-0.39, 0.29) is 11.8 Å². The number of hydrogen-bond donors (Lipinski definition) is 2. The highest BCUT2D eigenvalue weighted by Gasteiger charge is 2.58. The molecule has 4 unspecified atom stereocenters. The zero-order valence-corrected chi connectivity index (χ0v) is 8.80. The molecule has 1 saturated carbocycles. The number of piperazine rings is 1. The van der Waals surface area contributed by atoms with Crippen molar-refractivity contribution in [2.45, 2.75) is 12.5 Å². The lowest BCUT2D eigenvalue weighted by atomic mass is 10.0. The zero-order valence-electron chi connectivity index (χ0n) is 8.80. The molecule has 2 fully saturated rings. The molecule has 1 aliphatic heterocycles. The second-order valence-electron chi connectivity index (χ2n) is 4.69. The maximum absolute atomic E-state index is 11.8. The van der Waals surface area contributed by atoms with Crippen LogP contribution in [-0.4, -0.2) is 41.1 Å². The second-order valence-corrected chi connectivity index (χ2v) is 4.69. The van der Waals surface area contributed by atoms with Crippen LogP contribution in [0, 0.1) is 17.8 Å². The molecule has 0 aromatic carbocycles. The van der Waals surface area contributed by atoms with Crippen molar-refractivity contribution >= 4 is 12.0 Å². The summed E-state index contributed by atoms with van der Waals surface area (Å²) in [7, 11) is 0. The molecular weight excluding hydrogens is 208 g/mol. The van der Waals surface area contributed by atoms with Gasteiger partial charge in [0.2, 0.25) is 5.91 Å². The van der Waals surface area contributed by atoms with E-state index in [4.69, 9.17) is 5.11 Å². The van der Waals surface area contributed by atoms with Crippen LogP contribution in [0.15, 0.2) is 12.2 Å². The molecule has 0 bridgehead atoms. The summed E-state index contributed by atoms with van der Waals surface area (Å²) in [5.41, 5.74) is 0. The van der Waals surface area contributed by atoms with Crippen LogP contribution in [0.4, 0.5) is 4.79 Å². The molecule has 0 radical (unpaired) electrons. The van der Waals surface area contributed by atoms with Crippen molar-refractivity contribution in [1.82, 2.24) is 10.2 Å². The van der Waals surface area contributed by atoms with E-state index < -0.39 is 12.1 Å². The summed E-state index contributed by atoms with van der Waals surface area (Å²) in [5.74, 6) is 1.01. The highest BCUT2D eigenvalue weighted by molar-refractivity contribution is 5.87. The van der Waals surface area contributed by atoms with Gasteiger partial charge in [-0.25, -0.2) is 4.79 Å². The minimum atomic E-state index is -0.978. The van der Waals surface area contributed by atoms with E-state index in [0.717, 1.165) is 6.42 Å². The quantitative estimate of drug-likeness (QED) is 0.626. The number of amides is 2. The Morgan fingerprint density at radius 3 is 3.00 bits per heavy atom. The Bertz CT molecular complexity index is 379. The Balaban J connectivity index is 1.82. The minimum absolute atomic E-state index is 0.124. The summed E-state index contributed by atoms with van der Waals surface area (Å²) >= 11 is 0. The van der Waals surface area contributed by atoms with Crippen molar-refractivity contribution in [2.75, 3.05) is 13.1 Å². The standard InChI is InChI=1S/C11H14N2O3/c14-10-9(8-6-2-1-3-7(6)8)13(11(15)16)5-4-12-10/h1-2,6-9H,3-5H2,(H,12,14)(H,15,16). The molecule has 0 aromatic rings. The molecule has 0 spiro atoms. The summed E-state index contributed by atoms with van der Waals surface area (Å²) in [6, 6.07) is -0.466. The maximum atomic E-state index is 11.8. The van der Waals surface area contributed by atoms with Crippen LogP contribution in [0.25, 0.3) is 0 Å². The van der Waals surface area contributed by atoms with Gasteiger partial charge in [0.1, 0.15) is 6.04 Å². The molecule has 3 aliphatic rings. The number of nitrogens with one attached hydrogen (secondary N) is 1. The highest BCUT2D eigenvalue weighted by Crippen LogP contribution is 2.56. The molecule has 1 saturated heterocycles. The normalized spacial score (nSPS) is 40.5. The zero-order chi connectivity index (χ0) is 11.3. The molecule has 2 aliphatic carbocycles. The van der Waals surface area contributed by atoms with Crippen LogP contribution in [0.2, 0.25) is 0 Å². The largest absolute Gasteiger partial charge is 0.465 e. The van der Waals surface area contributed by atoms with Gasteiger partial charge in [-0.05, 0) is 24.2 Å². The molecule has 4 atom stereocenters. The predicted molar refractivity (Wildman–Crippen MR) is 55.8 cm³/mol. The fourth-order valence-electron chi connectivity index (χ4n) is 3.13. The Kier molecular flexibility index (Phi) is 1.96. The van der Waals surface area contributed by atoms with Crippen LogP contribution in [0.5, 0.6) is 0 Å². The highest BCUT2D eigenvalue weighted by atomic mass is 16.4. The Hall–Kier alpha value is -1.52. The van der Waals surface area contributed by atoms with Gasteiger partial charge in [0.25, 0.3) is 0 Å². The fraction of sp³-hybridized carbons (Fsp3) is 0.636. The number of carbonyl (C=O) groups is 2. The van der Waals surface area contributed by atoms with E-state index in [1.165, 1.54) is 4.90 Å². The van der Waals surface area contributed by atoms with Crippen LogP contribution >= 0.6 is 0 Å². The first-order valence-electron chi connectivity index (χ1n) is 5.64. The Labute approximate surface area is 93.1 Å². The Morgan fingerprint density at radius 2 is 2.38 bits per heavy atom. The first-order valence-corrected chi connectivity index (χ1v) is 5.64. The van der Waals surface area contributed by atoms with Gasteiger partial charge in [-0.15, -0.1) is 0 Å². The monoisotopic (exact) mass is 222 g/mol. The number of carboxylic acid groups (broad SMARTS) is 1. The molecule has 5 nitrogen and oxygen atoms in total. The first kappa shape index (κ1) is 9.69. The summed E-state index contributed by atoms with van der Waals surface area (Å²) in [6.45, 7) is 0.838. The molecular formula is C11H14N2O3. The SMILES string of the molecule is O=C1NCCN(C(=O)O)C1C1C2C=CCC21. The number of rotatable bonds is 1. The molecule has 3 rings (SSSR count). The molecule has 16 heavy (non-hydrogen) atoms. The van der Waals surface area contributed by atoms with E-state index in [1.54, 1.807) is 0 Å². The number of fused-ring (bicyclic) bond motifs is 1. The fourth-order valence-corrected chi connectivity index (χ4v) is 3.13. The van der Waals surface area contributed by atoms with Crippen LogP contribution in [-0.2, 0) is 4.79 Å². The van der Waals surface area contributed by atoms with E-state index in [9.17, 15) is 9.59 Å². The third kappa shape index (κ3) is 1.24. The lowest BCUT2D eigenvalue weighted by Gasteiger charge is -2.33. The van der Waals surface area contributed by atoms with Crippen molar-refractivity contribution < 1.29 is 14.7 Å². The molecule has 2 amide bonds. The predicted octanol–water partition coefficient (Wildman–Crippen LogP) is 0.287.